The van der Waals surface area contributed by atoms with Crippen LogP contribution < -0.4 is 4.74 Å². The van der Waals surface area contributed by atoms with Crippen LogP contribution in [0, 0.1) is 5.82 Å². The molecular formula is C28H24Br2FNO5. The smallest absolute Gasteiger partial charge is 0.323 e. The average Bonchev–Trinajstić information content (AvgIpc) is 2.85. The van der Waals surface area contributed by atoms with Crippen molar-refractivity contribution in [1.29, 1.82) is 0 Å². The molecule has 3 aliphatic rings. The van der Waals surface area contributed by atoms with E-state index >= 15 is 0 Å². The number of hydrogen-bond acceptors (Lipinski definition) is 5. The first-order valence-electron chi connectivity index (χ1n) is 12.1. The van der Waals surface area contributed by atoms with Crippen molar-refractivity contribution >= 4 is 49.4 Å². The van der Waals surface area contributed by atoms with Crippen molar-refractivity contribution in [2.45, 2.75) is 51.0 Å². The monoisotopic (exact) mass is 631 g/mol. The summed E-state index contributed by atoms with van der Waals surface area (Å²) >= 11 is 7.14. The minimum absolute atomic E-state index is 0.0262. The van der Waals surface area contributed by atoms with Gasteiger partial charge in [-0.3, -0.25) is 14.4 Å². The molecule has 9 heteroatoms. The Kier molecular flexibility index (Phi) is 7.36. The molecule has 5 rings (SSSR count). The molecule has 37 heavy (non-hydrogen) atoms. The fourth-order valence-electron chi connectivity index (χ4n) is 5.53. The topological polar surface area (TPSA) is 83.9 Å². The molecular weight excluding hydrogens is 609 g/mol. The van der Waals surface area contributed by atoms with Gasteiger partial charge in [-0.1, -0.05) is 18.2 Å². The molecule has 0 atom stereocenters. The standard InChI is InChI=1S/C28H24Br2FNO5/c29-17-11-16(12-18(30)28(17)37-14-15-5-1-2-6-19(15)31)25-26-20(7-3-9-22(26)33)32(13-24(35)36)21-8-4-10-23(34)27(21)25/h1-2,5-6,11-12,25H,3-4,7-10,13-14H2,(H,35,36). The molecule has 0 fully saturated rings. The van der Waals surface area contributed by atoms with Crippen molar-refractivity contribution in [2.75, 3.05) is 6.54 Å². The Morgan fingerprint density at radius 2 is 1.54 bits per heavy atom. The molecule has 1 aliphatic heterocycles. The quantitative estimate of drug-likeness (QED) is 0.395. The zero-order valence-electron chi connectivity index (χ0n) is 19.9. The molecule has 192 valence electrons. The van der Waals surface area contributed by atoms with Crippen molar-refractivity contribution in [3.63, 3.8) is 0 Å². The summed E-state index contributed by atoms with van der Waals surface area (Å²) in [6.07, 6.45) is 3.18. The second kappa shape index (κ2) is 10.5. The number of allylic oxidation sites excluding steroid dienone is 4. The Morgan fingerprint density at radius 3 is 2.08 bits per heavy atom. The second-order valence-electron chi connectivity index (χ2n) is 9.38. The van der Waals surface area contributed by atoms with Crippen LogP contribution in [0.2, 0.25) is 0 Å². The number of ketones is 2. The molecule has 2 aromatic carbocycles. The largest absolute Gasteiger partial charge is 0.486 e. The van der Waals surface area contributed by atoms with E-state index < -0.39 is 11.9 Å². The van der Waals surface area contributed by atoms with Crippen LogP contribution in [0.4, 0.5) is 4.39 Å². The van der Waals surface area contributed by atoms with Gasteiger partial charge in [0.1, 0.15) is 24.7 Å². The van der Waals surface area contributed by atoms with Gasteiger partial charge in [0.05, 0.1) is 8.95 Å². The first-order valence-corrected chi connectivity index (χ1v) is 13.7. The summed E-state index contributed by atoms with van der Waals surface area (Å²) in [6.45, 7) is -0.250. The van der Waals surface area contributed by atoms with Gasteiger partial charge < -0.3 is 14.7 Å². The summed E-state index contributed by atoms with van der Waals surface area (Å²) in [4.78, 5) is 40.0. The van der Waals surface area contributed by atoms with Crippen LogP contribution in [0.15, 0.2) is 67.9 Å². The highest BCUT2D eigenvalue weighted by atomic mass is 79.9. The zero-order chi connectivity index (χ0) is 26.3. The first-order chi connectivity index (χ1) is 17.8. The fourth-order valence-corrected chi connectivity index (χ4v) is 6.98. The lowest BCUT2D eigenvalue weighted by atomic mass is 9.71. The number of ether oxygens (including phenoxy) is 1. The molecule has 1 N–H and O–H groups in total. The maximum absolute atomic E-state index is 14.1. The van der Waals surface area contributed by atoms with E-state index in [9.17, 15) is 23.9 Å². The van der Waals surface area contributed by atoms with Gasteiger partial charge in [-0.15, -0.1) is 0 Å². The molecule has 0 bridgehead atoms. The number of carboxylic acids is 1. The fraction of sp³-hybridized carbons (Fsp3) is 0.321. The molecule has 0 saturated heterocycles. The van der Waals surface area contributed by atoms with E-state index in [2.05, 4.69) is 31.9 Å². The first kappa shape index (κ1) is 25.9. The minimum atomic E-state index is -1.00. The van der Waals surface area contributed by atoms with Crippen molar-refractivity contribution in [2.24, 2.45) is 0 Å². The van der Waals surface area contributed by atoms with Crippen LogP contribution in [-0.2, 0) is 21.0 Å². The summed E-state index contributed by atoms with van der Waals surface area (Å²) in [7, 11) is 0. The van der Waals surface area contributed by atoms with Crippen LogP contribution in [0.3, 0.4) is 0 Å². The Labute approximate surface area is 230 Å². The number of aliphatic carboxylic acids is 1. The number of nitrogens with zero attached hydrogens (tertiary/aromatic N) is 1. The van der Waals surface area contributed by atoms with Crippen LogP contribution in [0.25, 0.3) is 0 Å². The zero-order valence-corrected chi connectivity index (χ0v) is 23.0. The highest BCUT2D eigenvalue weighted by Gasteiger charge is 2.44. The van der Waals surface area contributed by atoms with E-state index in [4.69, 9.17) is 4.74 Å². The predicted octanol–water partition coefficient (Wildman–Crippen LogP) is 6.43. The van der Waals surface area contributed by atoms with Crippen molar-refractivity contribution in [3.8, 4) is 5.75 Å². The number of hydrogen-bond donors (Lipinski definition) is 1. The van der Waals surface area contributed by atoms with Gasteiger partial charge in [-0.25, -0.2) is 4.39 Å². The number of halogens is 3. The highest BCUT2D eigenvalue weighted by Crippen LogP contribution is 2.50. The molecule has 0 spiro atoms. The van der Waals surface area contributed by atoms with Crippen LogP contribution in [-0.4, -0.2) is 34.1 Å². The third-order valence-corrected chi connectivity index (χ3v) is 8.24. The predicted molar refractivity (Wildman–Crippen MR) is 141 cm³/mol. The number of benzene rings is 2. The second-order valence-corrected chi connectivity index (χ2v) is 11.1. The van der Waals surface area contributed by atoms with Crippen LogP contribution in [0.5, 0.6) is 5.75 Å². The highest BCUT2D eigenvalue weighted by molar-refractivity contribution is 9.11. The van der Waals surface area contributed by atoms with Crippen LogP contribution in [0.1, 0.15) is 55.6 Å². The Morgan fingerprint density at radius 1 is 0.973 bits per heavy atom. The molecule has 0 radical (unpaired) electrons. The number of carbonyl (C=O) groups excluding carboxylic acids is 2. The van der Waals surface area contributed by atoms with E-state index in [1.54, 1.807) is 23.1 Å². The normalized spacial score (nSPS) is 18.2. The van der Waals surface area contributed by atoms with Gasteiger partial charge in [0.15, 0.2) is 11.6 Å². The number of carboxylic acid groups (broad SMARTS) is 1. The summed E-state index contributed by atoms with van der Waals surface area (Å²) in [5.74, 6) is -1.58. The Bertz CT molecular complexity index is 1320. The lowest BCUT2D eigenvalue weighted by Gasteiger charge is -2.43. The SMILES string of the molecule is O=C(O)CN1C2=C(C(=O)CCC2)C(c2cc(Br)c(OCc3ccccc3F)c(Br)c2)C2=C1CCCC2=O. The molecule has 1 heterocycles. The van der Waals surface area contributed by atoms with Gasteiger partial charge in [-0.2, -0.15) is 0 Å². The molecule has 2 aliphatic carbocycles. The maximum Gasteiger partial charge on any atom is 0.323 e. The molecule has 2 aromatic rings. The Hall–Kier alpha value is -2.78. The van der Waals surface area contributed by atoms with Crippen LogP contribution >= 0.6 is 31.9 Å². The number of rotatable bonds is 6. The average molecular weight is 633 g/mol. The minimum Gasteiger partial charge on any atom is -0.486 e. The summed E-state index contributed by atoms with van der Waals surface area (Å²) < 4.78 is 21.2. The van der Waals surface area contributed by atoms with Crippen molar-refractivity contribution in [1.82, 2.24) is 4.90 Å². The van der Waals surface area contributed by atoms with Gasteiger partial charge in [-0.05, 0) is 81.3 Å². The summed E-state index contributed by atoms with van der Waals surface area (Å²) in [6, 6.07) is 10.1. The van der Waals surface area contributed by atoms with E-state index in [0.717, 1.165) is 5.56 Å². The molecule has 0 unspecified atom stereocenters. The van der Waals surface area contributed by atoms with Crippen molar-refractivity contribution < 1.29 is 28.6 Å². The molecule has 6 nitrogen and oxygen atoms in total. The number of Topliss-reactive ketones (excluding diaryl/α,β-unsaturated/α-hetero) is 2. The summed E-state index contributed by atoms with van der Waals surface area (Å²) in [5, 5.41) is 9.61. The lowest BCUT2D eigenvalue weighted by molar-refractivity contribution is -0.138. The van der Waals surface area contributed by atoms with Gasteiger partial charge in [0.2, 0.25) is 0 Å². The molecule has 0 aromatic heterocycles. The van der Waals surface area contributed by atoms with Gasteiger partial charge in [0.25, 0.3) is 0 Å². The number of carbonyl (C=O) groups is 3. The summed E-state index contributed by atoms with van der Waals surface area (Å²) in [5.41, 5.74) is 3.60. The molecule has 0 amide bonds. The third-order valence-electron chi connectivity index (χ3n) is 7.06. The Balaban J connectivity index is 1.59. The lowest BCUT2D eigenvalue weighted by Crippen LogP contribution is -2.41. The van der Waals surface area contributed by atoms with Gasteiger partial charge in [0, 0.05) is 46.9 Å². The van der Waals surface area contributed by atoms with E-state index in [0.29, 0.717) is 81.3 Å². The van der Waals surface area contributed by atoms with Gasteiger partial charge >= 0.3 is 5.97 Å². The van der Waals surface area contributed by atoms with E-state index in [1.165, 1.54) is 6.07 Å². The van der Waals surface area contributed by atoms with E-state index in [-0.39, 0.29) is 30.5 Å². The molecule has 0 saturated carbocycles. The third kappa shape index (κ3) is 4.91. The van der Waals surface area contributed by atoms with E-state index in [1.807, 2.05) is 12.1 Å². The van der Waals surface area contributed by atoms with Crippen molar-refractivity contribution in [3.05, 3.63) is 84.8 Å². The maximum atomic E-state index is 14.1.